The lowest BCUT2D eigenvalue weighted by Crippen LogP contribution is -2.05. The highest BCUT2D eigenvalue weighted by Gasteiger charge is 1.99. The first kappa shape index (κ1) is 11.0. The van der Waals surface area contributed by atoms with E-state index >= 15 is 0 Å². The molecule has 0 bridgehead atoms. The summed E-state index contributed by atoms with van der Waals surface area (Å²) in [6, 6.07) is 7.37. The van der Waals surface area contributed by atoms with Gasteiger partial charge in [-0.2, -0.15) is 5.26 Å². The maximum Gasteiger partial charge on any atom is 0.101 e. The molecule has 1 aromatic carbocycles. The van der Waals surface area contributed by atoms with Gasteiger partial charge in [-0.1, -0.05) is 0 Å². The maximum absolute atomic E-state index is 8.75. The van der Waals surface area contributed by atoms with E-state index in [-0.39, 0.29) is 0 Å². The van der Waals surface area contributed by atoms with Crippen molar-refractivity contribution in [3.63, 3.8) is 0 Å². The van der Waals surface area contributed by atoms with Gasteiger partial charge in [0.25, 0.3) is 0 Å². The molecule has 5 nitrogen and oxygen atoms in total. The van der Waals surface area contributed by atoms with Crippen molar-refractivity contribution in [3.05, 3.63) is 42.0 Å². The molecule has 17 heavy (non-hydrogen) atoms. The highest BCUT2D eigenvalue weighted by atomic mass is 14.9. The van der Waals surface area contributed by atoms with E-state index in [1.165, 1.54) is 0 Å². The number of nitrogens with one attached hydrogen (secondary N) is 2. The lowest BCUT2D eigenvalue weighted by Gasteiger charge is -2.06. The molecule has 1 heterocycles. The molecule has 0 atom stereocenters. The van der Waals surface area contributed by atoms with Crippen LogP contribution in [0.4, 0.5) is 11.4 Å². The molecule has 0 amide bonds. The van der Waals surface area contributed by atoms with E-state index in [0.717, 1.165) is 24.3 Å². The third-order valence-electron chi connectivity index (χ3n) is 2.45. The number of aromatic nitrogens is 2. The van der Waals surface area contributed by atoms with Crippen molar-refractivity contribution in [2.45, 2.75) is 6.42 Å². The Labute approximate surface area is 99.3 Å². The number of hydrogen-bond acceptors (Lipinski definition) is 4. The molecule has 0 radical (unpaired) electrons. The number of imidazole rings is 1. The van der Waals surface area contributed by atoms with Gasteiger partial charge < -0.3 is 16.0 Å². The van der Waals surface area contributed by atoms with Gasteiger partial charge in [-0.25, -0.2) is 4.98 Å². The van der Waals surface area contributed by atoms with Crippen molar-refractivity contribution < 1.29 is 0 Å². The van der Waals surface area contributed by atoms with E-state index in [0.29, 0.717) is 11.3 Å². The van der Waals surface area contributed by atoms with Gasteiger partial charge in [-0.3, -0.25) is 0 Å². The number of benzene rings is 1. The molecule has 2 rings (SSSR count). The molecule has 0 aliphatic rings. The Balaban J connectivity index is 1.91. The van der Waals surface area contributed by atoms with Gasteiger partial charge in [0, 0.05) is 30.5 Å². The molecule has 2 aromatic rings. The first-order valence-electron chi connectivity index (χ1n) is 5.30. The SMILES string of the molecule is N#Cc1ccc(NCCc2cnc[nH]2)cc1N. The molecule has 0 saturated carbocycles. The van der Waals surface area contributed by atoms with Crippen LogP contribution in [-0.4, -0.2) is 16.5 Å². The van der Waals surface area contributed by atoms with Gasteiger partial charge in [0.05, 0.1) is 17.6 Å². The van der Waals surface area contributed by atoms with E-state index in [1.54, 1.807) is 24.7 Å². The molecule has 0 fully saturated rings. The summed E-state index contributed by atoms with van der Waals surface area (Å²) in [4.78, 5) is 6.98. The summed E-state index contributed by atoms with van der Waals surface area (Å²) in [6.07, 6.45) is 4.32. The van der Waals surface area contributed by atoms with E-state index in [4.69, 9.17) is 11.0 Å². The molecule has 1 aromatic heterocycles. The number of nitrogens with zero attached hydrogens (tertiary/aromatic N) is 2. The van der Waals surface area contributed by atoms with E-state index in [2.05, 4.69) is 15.3 Å². The van der Waals surface area contributed by atoms with Crippen molar-refractivity contribution in [1.82, 2.24) is 9.97 Å². The van der Waals surface area contributed by atoms with Gasteiger partial charge in [0.15, 0.2) is 0 Å². The van der Waals surface area contributed by atoms with Crippen molar-refractivity contribution in [2.24, 2.45) is 0 Å². The predicted molar refractivity (Wildman–Crippen MR) is 66.4 cm³/mol. The minimum Gasteiger partial charge on any atom is -0.398 e. The fourth-order valence-electron chi connectivity index (χ4n) is 1.54. The molecular weight excluding hydrogens is 214 g/mol. The van der Waals surface area contributed by atoms with Crippen LogP contribution in [0.25, 0.3) is 0 Å². The molecule has 0 unspecified atom stereocenters. The zero-order valence-electron chi connectivity index (χ0n) is 9.27. The Kier molecular flexibility index (Phi) is 3.26. The summed E-state index contributed by atoms with van der Waals surface area (Å²) in [7, 11) is 0. The van der Waals surface area contributed by atoms with Crippen LogP contribution in [0.15, 0.2) is 30.7 Å². The quantitative estimate of drug-likeness (QED) is 0.691. The molecule has 86 valence electrons. The Morgan fingerprint density at radius 1 is 1.47 bits per heavy atom. The monoisotopic (exact) mass is 227 g/mol. The largest absolute Gasteiger partial charge is 0.398 e. The lowest BCUT2D eigenvalue weighted by atomic mass is 10.2. The van der Waals surface area contributed by atoms with Crippen LogP contribution >= 0.6 is 0 Å². The second kappa shape index (κ2) is 5.03. The number of rotatable bonds is 4. The number of aromatic amines is 1. The number of hydrogen-bond donors (Lipinski definition) is 3. The van der Waals surface area contributed by atoms with Crippen LogP contribution in [0.5, 0.6) is 0 Å². The first-order valence-corrected chi connectivity index (χ1v) is 5.30. The Morgan fingerprint density at radius 3 is 3.00 bits per heavy atom. The van der Waals surface area contributed by atoms with Crippen molar-refractivity contribution in [3.8, 4) is 6.07 Å². The number of anilines is 2. The minimum absolute atomic E-state index is 0.499. The number of nitrogen functional groups attached to an aromatic ring is 1. The van der Waals surface area contributed by atoms with Crippen LogP contribution in [0.2, 0.25) is 0 Å². The lowest BCUT2D eigenvalue weighted by molar-refractivity contribution is 0.977. The highest BCUT2D eigenvalue weighted by Crippen LogP contribution is 2.16. The van der Waals surface area contributed by atoms with Gasteiger partial charge >= 0.3 is 0 Å². The fourth-order valence-corrected chi connectivity index (χ4v) is 1.54. The van der Waals surface area contributed by atoms with E-state index in [9.17, 15) is 0 Å². The third-order valence-corrected chi connectivity index (χ3v) is 2.45. The summed E-state index contributed by atoms with van der Waals surface area (Å²) in [6.45, 7) is 0.785. The van der Waals surface area contributed by atoms with E-state index in [1.807, 2.05) is 12.1 Å². The van der Waals surface area contributed by atoms with Gasteiger partial charge in [0.2, 0.25) is 0 Å². The summed E-state index contributed by atoms with van der Waals surface area (Å²) in [5.41, 5.74) is 8.72. The smallest absolute Gasteiger partial charge is 0.101 e. The highest BCUT2D eigenvalue weighted by molar-refractivity contribution is 5.62. The Bertz CT molecular complexity index is 524. The second-order valence-electron chi connectivity index (χ2n) is 3.67. The first-order chi connectivity index (χ1) is 8.29. The van der Waals surface area contributed by atoms with Crippen LogP contribution < -0.4 is 11.1 Å². The molecule has 0 aliphatic carbocycles. The summed E-state index contributed by atoms with van der Waals surface area (Å²) in [5, 5.41) is 12.0. The summed E-state index contributed by atoms with van der Waals surface area (Å²) < 4.78 is 0. The second-order valence-corrected chi connectivity index (χ2v) is 3.67. The van der Waals surface area contributed by atoms with Gasteiger partial charge in [-0.15, -0.1) is 0 Å². The average Bonchev–Trinajstić information content (AvgIpc) is 2.82. The van der Waals surface area contributed by atoms with E-state index < -0.39 is 0 Å². The third kappa shape index (κ3) is 2.75. The fraction of sp³-hybridized carbons (Fsp3) is 0.167. The standard InChI is InChI=1S/C12H13N5/c13-6-9-1-2-10(5-12(9)14)16-4-3-11-7-15-8-17-11/h1-2,5,7-8,16H,3-4,14H2,(H,15,17). The van der Waals surface area contributed by atoms with Gasteiger partial charge in [0.1, 0.15) is 6.07 Å². The van der Waals surface area contributed by atoms with Crippen LogP contribution in [-0.2, 0) is 6.42 Å². The molecule has 0 spiro atoms. The molecular formula is C12H13N5. The molecule has 0 saturated heterocycles. The normalized spacial score (nSPS) is 9.82. The van der Waals surface area contributed by atoms with Crippen molar-refractivity contribution >= 4 is 11.4 Å². The molecule has 5 heteroatoms. The predicted octanol–water partition coefficient (Wildman–Crippen LogP) is 1.52. The number of nitrogens with two attached hydrogens (primary N) is 1. The number of nitriles is 1. The van der Waals surface area contributed by atoms with Crippen LogP contribution in [0.3, 0.4) is 0 Å². The zero-order chi connectivity index (χ0) is 12.1. The average molecular weight is 227 g/mol. The van der Waals surface area contributed by atoms with Gasteiger partial charge in [-0.05, 0) is 18.2 Å². The molecule has 0 aliphatic heterocycles. The topological polar surface area (TPSA) is 90.5 Å². The maximum atomic E-state index is 8.75. The Hall–Kier alpha value is -2.48. The van der Waals surface area contributed by atoms with Crippen molar-refractivity contribution in [1.29, 1.82) is 5.26 Å². The van der Waals surface area contributed by atoms with Crippen molar-refractivity contribution in [2.75, 3.05) is 17.6 Å². The van der Waals surface area contributed by atoms with Crippen LogP contribution in [0, 0.1) is 11.3 Å². The minimum atomic E-state index is 0.499. The number of H-pyrrole nitrogens is 1. The van der Waals surface area contributed by atoms with Crippen LogP contribution in [0.1, 0.15) is 11.3 Å². The summed E-state index contributed by atoms with van der Waals surface area (Å²) in [5.74, 6) is 0. The Morgan fingerprint density at radius 2 is 2.35 bits per heavy atom. The zero-order valence-corrected chi connectivity index (χ0v) is 9.27. The molecule has 4 N–H and O–H groups in total. The summed E-state index contributed by atoms with van der Waals surface area (Å²) >= 11 is 0.